The maximum atomic E-state index is 6.04. The van der Waals surface area contributed by atoms with Gasteiger partial charge in [0, 0.05) is 10.8 Å². The molecule has 0 unspecified atom stereocenters. The van der Waals surface area contributed by atoms with Crippen LogP contribution in [0.2, 0.25) is 0 Å². The highest BCUT2D eigenvalue weighted by molar-refractivity contribution is 9.10. The van der Waals surface area contributed by atoms with Gasteiger partial charge in [-0.3, -0.25) is 0 Å². The summed E-state index contributed by atoms with van der Waals surface area (Å²) in [6.07, 6.45) is 0. The molecule has 26 heavy (non-hydrogen) atoms. The van der Waals surface area contributed by atoms with Gasteiger partial charge in [0.2, 0.25) is 0 Å². The molecule has 124 valence electrons. The normalized spacial score (nSPS) is 11.3. The number of para-hydroxylation sites is 1. The molecule has 0 spiro atoms. The summed E-state index contributed by atoms with van der Waals surface area (Å²) < 4.78 is 7.03. The number of rotatable bonds is 2. The highest BCUT2D eigenvalue weighted by atomic mass is 79.9. The number of halogens is 1. The number of benzene rings is 4. The first-order valence-corrected chi connectivity index (χ1v) is 9.36. The Bertz CT molecular complexity index is 1240. The summed E-state index contributed by atoms with van der Waals surface area (Å²) in [7, 11) is 0. The van der Waals surface area contributed by atoms with E-state index in [1.54, 1.807) is 0 Å². The van der Waals surface area contributed by atoms with Gasteiger partial charge in [-0.15, -0.1) is 0 Å². The Labute approximate surface area is 160 Å². The van der Waals surface area contributed by atoms with Crippen molar-refractivity contribution in [1.82, 2.24) is 0 Å². The molecule has 0 bridgehead atoms. The molecule has 0 aliphatic heterocycles. The van der Waals surface area contributed by atoms with Crippen molar-refractivity contribution in [2.24, 2.45) is 0 Å². The summed E-state index contributed by atoms with van der Waals surface area (Å²) in [5.74, 6) is 0. The Kier molecular flexibility index (Phi) is 3.65. The van der Waals surface area contributed by atoms with Gasteiger partial charge in [-0.25, -0.2) is 0 Å². The van der Waals surface area contributed by atoms with Crippen molar-refractivity contribution in [3.63, 3.8) is 0 Å². The lowest BCUT2D eigenvalue weighted by atomic mass is 9.94. The van der Waals surface area contributed by atoms with E-state index in [-0.39, 0.29) is 0 Å². The van der Waals surface area contributed by atoms with Crippen molar-refractivity contribution in [3.8, 4) is 22.3 Å². The van der Waals surface area contributed by atoms with Crippen molar-refractivity contribution in [2.75, 3.05) is 0 Å². The summed E-state index contributed by atoms with van der Waals surface area (Å²) in [5, 5.41) is 2.27. The number of hydrogen-bond donors (Lipinski definition) is 0. The van der Waals surface area contributed by atoms with Gasteiger partial charge in [0.05, 0.1) is 4.47 Å². The number of furan rings is 1. The molecule has 0 radical (unpaired) electrons. The second kappa shape index (κ2) is 6.15. The van der Waals surface area contributed by atoms with Crippen LogP contribution < -0.4 is 0 Å². The lowest BCUT2D eigenvalue weighted by Crippen LogP contribution is -1.84. The molecule has 0 atom stereocenters. The van der Waals surface area contributed by atoms with E-state index in [1.807, 2.05) is 18.2 Å². The Morgan fingerprint density at radius 2 is 1.31 bits per heavy atom. The fraction of sp³-hybridized carbons (Fsp3) is 0. The molecule has 0 N–H and O–H groups in total. The topological polar surface area (TPSA) is 13.1 Å². The van der Waals surface area contributed by atoms with Crippen LogP contribution in [-0.2, 0) is 0 Å². The zero-order valence-corrected chi connectivity index (χ0v) is 15.5. The molecule has 0 amide bonds. The first-order valence-electron chi connectivity index (χ1n) is 8.57. The summed E-state index contributed by atoms with van der Waals surface area (Å²) in [5.41, 5.74) is 6.69. The van der Waals surface area contributed by atoms with Crippen molar-refractivity contribution in [1.29, 1.82) is 0 Å². The fourth-order valence-corrected chi connectivity index (χ4v) is 3.98. The van der Waals surface area contributed by atoms with Gasteiger partial charge in [-0.1, -0.05) is 72.8 Å². The van der Waals surface area contributed by atoms with Crippen LogP contribution in [-0.4, -0.2) is 0 Å². The van der Waals surface area contributed by atoms with Crippen LogP contribution in [0.25, 0.3) is 44.2 Å². The minimum atomic E-state index is 0.899. The third-order valence-corrected chi connectivity index (χ3v) is 5.40. The van der Waals surface area contributed by atoms with Gasteiger partial charge in [0.1, 0.15) is 11.2 Å². The van der Waals surface area contributed by atoms with E-state index in [0.717, 1.165) is 26.4 Å². The number of fused-ring (bicyclic) bond motifs is 3. The first-order chi connectivity index (χ1) is 12.8. The van der Waals surface area contributed by atoms with Crippen molar-refractivity contribution in [2.45, 2.75) is 0 Å². The van der Waals surface area contributed by atoms with Gasteiger partial charge < -0.3 is 4.42 Å². The van der Waals surface area contributed by atoms with E-state index in [1.165, 1.54) is 22.3 Å². The molecule has 2 heteroatoms. The van der Waals surface area contributed by atoms with E-state index >= 15 is 0 Å². The molecule has 1 heterocycles. The van der Waals surface area contributed by atoms with Crippen molar-refractivity contribution >= 4 is 37.9 Å². The van der Waals surface area contributed by atoms with Crippen LogP contribution in [0.1, 0.15) is 0 Å². The molecule has 4 aromatic carbocycles. The molecule has 5 rings (SSSR count). The average Bonchev–Trinajstić information content (AvgIpc) is 3.08. The van der Waals surface area contributed by atoms with Gasteiger partial charge in [-0.05, 0) is 56.4 Å². The lowest BCUT2D eigenvalue weighted by molar-refractivity contribution is 0.667. The molecule has 5 aromatic rings. The van der Waals surface area contributed by atoms with E-state index in [9.17, 15) is 0 Å². The molecular formula is C24H15BrO. The standard InChI is InChI=1S/C24H15BrO/c25-22-12-6-11-20-21-15-17(13-14-23(21)26-24(20)22)19-10-5-4-9-18(19)16-7-2-1-3-8-16/h1-15H. The molecule has 0 fully saturated rings. The third kappa shape index (κ3) is 2.46. The Morgan fingerprint density at radius 1 is 0.577 bits per heavy atom. The van der Waals surface area contributed by atoms with Gasteiger partial charge >= 0.3 is 0 Å². The summed E-state index contributed by atoms with van der Waals surface area (Å²) in [6.45, 7) is 0. The molecule has 0 aliphatic carbocycles. The smallest absolute Gasteiger partial charge is 0.149 e. The van der Waals surface area contributed by atoms with Crippen LogP contribution in [0.5, 0.6) is 0 Å². The Hall–Kier alpha value is -2.84. The number of hydrogen-bond acceptors (Lipinski definition) is 1. The summed E-state index contributed by atoms with van der Waals surface area (Å²) in [6, 6.07) is 31.7. The van der Waals surface area contributed by atoms with E-state index < -0.39 is 0 Å². The summed E-state index contributed by atoms with van der Waals surface area (Å²) in [4.78, 5) is 0. The highest BCUT2D eigenvalue weighted by Gasteiger charge is 2.12. The second-order valence-electron chi connectivity index (χ2n) is 6.34. The van der Waals surface area contributed by atoms with Gasteiger partial charge in [0.15, 0.2) is 0 Å². The van der Waals surface area contributed by atoms with Crippen LogP contribution in [0.4, 0.5) is 0 Å². The molecule has 0 saturated carbocycles. The van der Waals surface area contributed by atoms with Crippen molar-refractivity contribution < 1.29 is 4.42 Å². The van der Waals surface area contributed by atoms with E-state index in [0.29, 0.717) is 0 Å². The fourth-order valence-electron chi connectivity index (χ4n) is 3.54. The third-order valence-electron chi connectivity index (χ3n) is 4.77. The van der Waals surface area contributed by atoms with Crippen LogP contribution in [0, 0.1) is 0 Å². The first kappa shape index (κ1) is 15.4. The predicted molar refractivity (Wildman–Crippen MR) is 112 cm³/mol. The lowest BCUT2D eigenvalue weighted by Gasteiger charge is -2.10. The van der Waals surface area contributed by atoms with Crippen LogP contribution >= 0.6 is 15.9 Å². The Balaban J connectivity index is 1.76. The molecule has 1 nitrogen and oxygen atoms in total. The molecule has 1 aromatic heterocycles. The Morgan fingerprint density at radius 3 is 2.12 bits per heavy atom. The van der Waals surface area contributed by atoms with Crippen molar-refractivity contribution in [3.05, 3.63) is 95.5 Å². The van der Waals surface area contributed by atoms with E-state index in [2.05, 4.69) is 88.7 Å². The molecule has 0 saturated heterocycles. The van der Waals surface area contributed by atoms with Crippen LogP contribution in [0.3, 0.4) is 0 Å². The highest BCUT2D eigenvalue weighted by Crippen LogP contribution is 2.38. The summed E-state index contributed by atoms with van der Waals surface area (Å²) >= 11 is 3.59. The minimum Gasteiger partial charge on any atom is -0.455 e. The average molecular weight is 399 g/mol. The zero-order chi connectivity index (χ0) is 17.5. The van der Waals surface area contributed by atoms with Gasteiger partial charge in [-0.2, -0.15) is 0 Å². The maximum Gasteiger partial charge on any atom is 0.149 e. The monoisotopic (exact) mass is 398 g/mol. The molecule has 0 aliphatic rings. The second-order valence-corrected chi connectivity index (χ2v) is 7.20. The predicted octanol–water partition coefficient (Wildman–Crippen LogP) is 7.68. The largest absolute Gasteiger partial charge is 0.455 e. The van der Waals surface area contributed by atoms with Crippen LogP contribution in [0.15, 0.2) is 99.9 Å². The SMILES string of the molecule is Brc1cccc2c1oc1ccc(-c3ccccc3-c3ccccc3)cc12. The van der Waals surface area contributed by atoms with Gasteiger partial charge in [0.25, 0.3) is 0 Å². The maximum absolute atomic E-state index is 6.04. The quantitative estimate of drug-likeness (QED) is 0.297. The molecular weight excluding hydrogens is 384 g/mol. The zero-order valence-electron chi connectivity index (χ0n) is 13.9. The minimum absolute atomic E-state index is 0.899. The van der Waals surface area contributed by atoms with E-state index in [4.69, 9.17) is 4.42 Å².